The molecule has 1 heterocycles. The van der Waals surface area contributed by atoms with E-state index in [9.17, 15) is 5.11 Å². The summed E-state index contributed by atoms with van der Waals surface area (Å²) in [7, 11) is 1.63. The number of benzene rings is 1. The summed E-state index contributed by atoms with van der Waals surface area (Å²) in [5, 5.41) is 9.58. The number of rotatable bonds is 2. The van der Waals surface area contributed by atoms with Crippen LogP contribution < -0.4 is 9.47 Å². The Kier molecular flexibility index (Phi) is 2.33. The molecular formula is C11H14O3. The van der Waals surface area contributed by atoms with E-state index in [4.69, 9.17) is 9.47 Å². The Morgan fingerprint density at radius 2 is 2.36 bits per heavy atom. The molecule has 2 rings (SSSR count). The van der Waals surface area contributed by atoms with E-state index in [2.05, 4.69) is 0 Å². The van der Waals surface area contributed by atoms with Crippen molar-refractivity contribution in [2.24, 2.45) is 0 Å². The van der Waals surface area contributed by atoms with Crippen molar-refractivity contribution in [3.05, 3.63) is 23.8 Å². The van der Waals surface area contributed by atoms with Gasteiger partial charge in [-0.2, -0.15) is 0 Å². The number of hydrogen-bond acceptors (Lipinski definition) is 3. The lowest BCUT2D eigenvalue weighted by atomic mass is 9.95. The van der Waals surface area contributed by atoms with Crippen LogP contribution in [0.25, 0.3) is 0 Å². The lowest BCUT2D eigenvalue weighted by Gasteiger charge is -2.14. The van der Waals surface area contributed by atoms with Gasteiger partial charge in [0.15, 0.2) is 0 Å². The van der Waals surface area contributed by atoms with Crippen LogP contribution in [-0.2, 0) is 0 Å². The van der Waals surface area contributed by atoms with Crippen molar-refractivity contribution in [2.75, 3.05) is 13.7 Å². The standard InChI is InChI=1S/C11H14O3/c1-7(12)8-6-14-10-5-3-4-9(13-2)11(8)10/h3-5,7-8,12H,6H2,1-2H3. The quantitative estimate of drug-likeness (QED) is 0.776. The topological polar surface area (TPSA) is 38.7 Å². The Hall–Kier alpha value is -1.22. The first kappa shape index (κ1) is 9.34. The van der Waals surface area contributed by atoms with Crippen LogP contribution in [0.1, 0.15) is 18.4 Å². The molecule has 0 fully saturated rings. The van der Waals surface area contributed by atoms with Gasteiger partial charge < -0.3 is 14.6 Å². The van der Waals surface area contributed by atoms with E-state index in [0.717, 1.165) is 17.1 Å². The summed E-state index contributed by atoms with van der Waals surface area (Å²) in [6, 6.07) is 5.69. The van der Waals surface area contributed by atoms with Crippen molar-refractivity contribution in [1.29, 1.82) is 0 Å². The summed E-state index contributed by atoms with van der Waals surface area (Å²) in [5.74, 6) is 1.65. The highest BCUT2D eigenvalue weighted by atomic mass is 16.5. The summed E-state index contributed by atoms with van der Waals surface area (Å²) >= 11 is 0. The monoisotopic (exact) mass is 194 g/mol. The zero-order valence-electron chi connectivity index (χ0n) is 8.36. The summed E-state index contributed by atoms with van der Waals surface area (Å²) < 4.78 is 10.7. The first-order valence-corrected chi connectivity index (χ1v) is 4.71. The minimum absolute atomic E-state index is 0.0288. The predicted molar refractivity (Wildman–Crippen MR) is 52.9 cm³/mol. The summed E-state index contributed by atoms with van der Waals surface area (Å²) in [4.78, 5) is 0. The first-order valence-electron chi connectivity index (χ1n) is 4.71. The molecule has 14 heavy (non-hydrogen) atoms. The van der Waals surface area contributed by atoms with Crippen LogP contribution in [0.4, 0.5) is 0 Å². The van der Waals surface area contributed by atoms with Gasteiger partial charge in [-0.05, 0) is 19.1 Å². The molecule has 0 amide bonds. The van der Waals surface area contributed by atoms with Crippen molar-refractivity contribution in [3.8, 4) is 11.5 Å². The maximum Gasteiger partial charge on any atom is 0.126 e. The van der Waals surface area contributed by atoms with Gasteiger partial charge in [-0.25, -0.2) is 0 Å². The van der Waals surface area contributed by atoms with Gasteiger partial charge >= 0.3 is 0 Å². The van der Waals surface area contributed by atoms with Crippen LogP contribution in [0.2, 0.25) is 0 Å². The van der Waals surface area contributed by atoms with Crippen LogP contribution in [0.5, 0.6) is 11.5 Å². The predicted octanol–water partition coefficient (Wildman–Crippen LogP) is 1.55. The molecule has 2 atom stereocenters. The van der Waals surface area contributed by atoms with Gasteiger partial charge in [0.05, 0.1) is 25.7 Å². The first-order chi connectivity index (χ1) is 6.74. The number of aliphatic hydroxyl groups is 1. The van der Waals surface area contributed by atoms with Gasteiger partial charge in [0.25, 0.3) is 0 Å². The minimum Gasteiger partial charge on any atom is -0.496 e. The minimum atomic E-state index is -0.410. The zero-order chi connectivity index (χ0) is 10.1. The molecule has 1 aliphatic rings. The third kappa shape index (κ3) is 1.34. The fraction of sp³-hybridized carbons (Fsp3) is 0.455. The second kappa shape index (κ2) is 3.50. The highest BCUT2D eigenvalue weighted by molar-refractivity contribution is 5.50. The molecule has 0 saturated carbocycles. The third-order valence-corrected chi connectivity index (χ3v) is 2.62. The SMILES string of the molecule is COc1cccc2c1C(C(C)O)CO2. The van der Waals surface area contributed by atoms with Crippen LogP contribution in [0, 0.1) is 0 Å². The van der Waals surface area contributed by atoms with Crippen LogP contribution in [0.3, 0.4) is 0 Å². The molecule has 1 aromatic carbocycles. The van der Waals surface area contributed by atoms with Crippen molar-refractivity contribution >= 4 is 0 Å². The molecule has 0 aliphatic carbocycles. The molecule has 0 bridgehead atoms. The van der Waals surface area contributed by atoms with Crippen molar-refractivity contribution in [2.45, 2.75) is 18.9 Å². The van der Waals surface area contributed by atoms with Crippen LogP contribution >= 0.6 is 0 Å². The Labute approximate surface area is 83.3 Å². The number of hydrogen-bond donors (Lipinski definition) is 1. The molecule has 0 spiro atoms. The maximum atomic E-state index is 9.58. The molecule has 1 aliphatic heterocycles. The molecule has 3 nitrogen and oxygen atoms in total. The molecule has 2 unspecified atom stereocenters. The number of methoxy groups -OCH3 is 1. The van der Waals surface area contributed by atoms with Crippen LogP contribution in [0.15, 0.2) is 18.2 Å². The largest absolute Gasteiger partial charge is 0.496 e. The number of fused-ring (bicyclic) bond motifs is 1. The summed E-state index contributed by atoms with van der Waals surface area (Å²) in [6.45, 7) is 2.31. The van der Waals surface area contributed by atoms with E-state index >= 15 is 0 Å². The van der Waals surface area contributed by atoms with E-state index < -0.39 is 6.10 Å². The van der Waals surface area contributed by atoms with Gasteiger partial charge in [0.2, 0.25) is 0 Å². The number of aliphatic hydroxyl groups excluding tert-OH is 1. The lowest BCUT2D eigenvalue weighted by molar-refractivity contribution is 0.145. The highest BCUT2D eigenvalue weighted by Crippen LogP contribution is 2.41. The Morgan fingerprint density at radius 3 is 3.00 bits per heavy atom. The Bertz CT molecular complexity index is 333. The molecule has 0 saturated heterocycles. The second-order valence-electron chi connectivity index (χ2n) is 3.53. The van der Waals surface area contributed by atoms with Gasteiger partial charge in [0.1, 0.15) is 11.5 Å². The molecule has 76 valence electrons. The van der Waals surface area contributed by atoms with Crippen molar-refractivity contribution in [1.82, 2.24) is 0 Å². The normalized spacial score (nSPS) is 21.2. The molecule has 0 aromatic heterocycles. The summed E-state index contributed by atoms with van der Waals surface area (Å²) in [6.07, 6.45) is -0.410. The average molecular weight is 194 g/mol. The van der Waals surface area contributed by atoms with Gasteiger partial charge in [0, 0.05) is 5.56 Å². The molecule has 3 heteroatoms. The Morgan fingerprint density at radius 1 is 1.57 bits per heavy atom. The molecule has 0 radical (unpaired) electrons. The van der Waals surface area contributed by atoms with Crippen molar-refractivity contribution in [3.63, 3.8) is 0 Å². The number of ether oxygens (including phenoxy) is 2. The van der Waals surface area contributed by atoms with Gasteiger partial charge in [-0.15, -0.1) is 0 Å². The van der Waals surface area contributed by atoms with Crippen molar-refractivity contribution < 1.29 is 14.6 Å². The van der Waals surface area contributed by atoms with E-state index in [1.54, 1.807) is 14.0 Å². The van der Waals surface area contributed by atoms with E-state index in [1.165, 1.54) is 0 Å². The highest BCUT2D eigenvalue weighted by Gasteiger charge is 2.30. The van der Waals surface area contributed by atoms with E-state index in [1.807, 2.05) is 18.2 Å². The molecule has 1 aromatic rings. The van der Waals surface area contributed by atoms with E-state index in [-0.39, 0.29) is 5.92 Å². The molecular weight excluding hydrogens is 180 g/mol. The second-order valence-corrected chi connectivity index (χ2v) is 3.53. The van der Waals surface area contributed by atoms with Gasteiger partial charge in [-0.1, -0.05) is 6.07 Å². The smallest absolute Gasteiger partial charge is 0.126 e. The fourth-order valence-corrected chi connectivity index (χ4v) is 1.84. The Balaban J connectivity index is 2.45. The summed E-state index contributed by atoms with van der Waals surface area (Å²) in [5.41, 5.74) is 0.991. The molecule has 1 N–H and O–H groups in total. The van der Waals surface area contributed by atoms with Crippen LogP contribution in [-0.4, -0.2) is 24.9 Å². The van der Waals surface area contributed by atoms with E-state index in [0.29, 0.717) is 6.61 Å². The average Bonchev–Trinajstić information content (AvgIpc) is 2.60. The fourth-order valence-electron chi connectivity index (χ4n) is 1.84. The lowest BCUT2D eigenvalue weighted by Crippen LogP contribution is -2.16. The zero-order valence-corrected chi connectivity index (χ0v) is 8.36. The van der Waals surface area contributed by atoms with Gasteiger partial charge in [-0.3, -0.25) is 0 Å². The third-order valence-electron chi connectivity index (χ3n) is 2.62. The maximum absolute atomic E-state index is 9.58.